The Morgan fingerprint density at radius 3 is 2.27 bits per heavy atom. The highest BCUT2D eigenvalue weighted by atomic mass is 32.2. The first kappa shape index (κ1) is 25.0. The fourth-order valence-electron chi connectivity index (χ4n) is 2.83. The lowest BCUT2D eigenvalue weighted by atomic mass is 10.1. The second-order valence-corrected chi connectivity index (χ2v) is 11.0. The van der Waals surface area contributed by atoms with E-state index in [0.29, 0.717) is 30.0 Å². The number of halogens is 3. The van der Waals surface area contributed by atoms with E-state index < -0.39 is 22.5 Å². The number of thiazole rings is 1. The fraction of sp³-hybridized carbons (Fsp3) is 0.364. The Morgan fingerprint density at radius 2 is 1.73 bits per heavy atom. The molecule has 1 N–H and O–H groups in total. The molecule has 33 heavy (non-hydrogen) atoms. The van der Waals surface area contributed by atoms with Crippen LogP contribution in [0.2, 0.25) is 0 Å². The number of aliphatic carboxylic acids is 1. The maximum Gasteiger partial charge on any atom is 0.416 e. The summed E-state index contributed by atoms with van der Waals surface area (Å²) in [7, 11) is 1.85. The standard InChI is InChI=1S/C22H23F3N4O2S2/c1-13-17(28-20(32-13)33-21(2,3)18(30)31)9-10-29(4)19-26-11-15(12-27-19)14-5-7-16(8-6-14)22(23,24)25/h5-8,11-12H,9-10H2,1-4H3,(H,30,31). The number of carboxylic acids is 1. The molecule has 0 spiro atoms. The number of anilines is 1. The molecule has 0 saturated heterocycles. The summed E-state index contributed by atoms with van der Waals surface area (Å²) in [4.78, 5) is 27.5. The molecule has 0 bridgehead atoms. The van der Waals surface area contributed by atoms with Gasteiger partial charge in [0, 0.05) is 42.8 Å². The third-order valence-electron chi connectivity index (χ3n) is 4.94. The highest BCUT2D eigenvalue weighted by molar-refractivity contribution is 8.03. The minimum absolute atomic E-state index is 0.486. The Labute approximate surface area is 197 Å². The number of carboxylic acid groups (broad SMARTS) is 1. The minimum atomic E-state index is -4.37. The van der Waals surface area contributed by atoms with Gasteiger partial charge >= 0.3 is 12.1 Å². The Balaban J connectivity index is 1.62. The quantitative estimate of drug-likeness (QED) is 0.409. The third kappa shape index (κ3) is 6.23. The Hall–Kier alpha value is -2.66. The van der Waals surface area contributed by atoms with Gasteiger partial charge in [0.1, 0.15) is 4.75 Å². The van der Waals surface area contributed by atoms with Crippen molar-refractivity contribution in [3.05, 3.63) is 52.8 Å². The van der Waals surface area contributed by atoms with Gasteiger partial charge in [0.25, 0.3) is 0 Å². The van der Waals surface area contributed by atoms with Crippen LogP contribution in [0.5, 0.6) is 0 Å². The molecule has 0 radical (unpaired) electrons. The SMILES string of the molecule is Cc1sc(SC(C)(C)C(=O)O)nc1CCN(C)c1ncc(-c2ccc(C(F)(F)F)cc2)cn1. The molecule has 1 aromatic carbocycles. The first-order valence-electron chi connectivity index (χ1n) is 9.96. The number of benzene rings is 1. The molecule has 0 aliphatic heterocycles. The first-order chi connectivity index (χ1) is 15.4. The maximum absolute atomic E-state index is 12.7. The Bertz CT molecular complexity index is 1110. The van der Waals surface area contributed by atoms with Gasteiger partial charge in [-0.05, 0) is 38.5 Å². The number of carbonyl (C=O) groups is 1. The second-order valence-electron chi connectivity index (χ2n) is 7.92. The third-order valence-corrected chi connectivity index (χ3v) is 7.20. The number of rotatable bonds is 8. The molecule has 0 saturated carbocycles. The van der Waals surface area contributed by atoms with Gasteiger partial charge in [0.05, 0.1) is 11.3 Å². The van der Waals surface area contributed by atoms with Crippen LogP contribution in [0, 0.1) is 6.92 Å². The molecule has 2 aromatic heterocycles. The summed E-state index contributed by atoms with van der Waals surface area (Å²) >= 11 is 2.70. The van der Waals surface area contributed by atoms with Gasteiger partial charge in [-0.2, -0.15) is 13.2 Å². The van der Waals surface area contributed by atoms with Gasteiger partial charge in [-0.15, -0.1) is 11.3 Å². The molecule has 0 atom stereocenters. The summed E-state index contributed by atoms with van der Waals surface area (Å²) < 4.78 is 38.0. The molecule has 3 rings (SSSR count). The normalized spacial score (nSPS) is 12.1. The summed E-state index contributed by atoms with van der Waals surface area (Å²) in [5.41, 5.74) is 1.43. The fourth-order valence-corrected chi connectivity index (χ4v) is 5.36. The minimum Gasteiger partial charge on any atom is -0.480 e. The molecule has 0 amide bonds. The number of thioether (sulfide) groups is 1. The largest absolute Gasteiger partial charge is 0.480 e. The molecule has 11 heteroatoms. The van der Waals surface area contributed by atoms with E-state index in [9.17, 15) is 23.1 Å². The van der Waals surface area contributed by atoms with E-state index in [1.807, 2.05) is 18.9 Å². The van der Waals surface area contributed by atoms with Gasteiger partial charge in [-0.1, -0.05) is 23.9 Å². The molecule has 0 aliphatic rings. The number of likely N-dealkylation sites (N-methyl/N-ethyl adjacent to an activating group) is 1. The number of alkyl halides is 3. The summed E-state index contributed by atoms with van der Waals surface area (Å²) in [5.74, 6) is -0.404. The lowest BCUT2D eigenvalue weighted by Crippen LogP contribution is -2.26. The van der Waals surface area contributed by atoms with Crippen LogP contribution in [0.4, 0.5) is 19.1 Å². The van der Waals surface area contributed by atoms with Crippen molar-refractivity contribution < 1.29 is 23.1 Å². The highest BCUT2D eigenvalue weighted by Gasteiger charge is 2.31. The van der Waals surface area contributed by atoms with Gasteiger partial charge in [-0.3, -0.25) is 4.79 Å². The molecule has 0 fully saturated rings. The highest BCUT2D eigenvalue weighted by Crippen LogP contribution is 2.36. The summed E-state index contributed by atoms with van der Waals surface area (Å²) in [5, 5.41) is 9.31. The van der Waals surface area contributed by atoms with Crippen molar-refractivity contribution in [1.29, 1.82) is 0 Å². The van der Waals surface area contributed by atoms with E-state index in [2.05, 4.69) is 15.0 Å². The number of nitrogens with zero attached hydrogens (tertiary/aromatic N) is 4. The lowest BCUT2D eigenvalue weighted by Gasteiger charge is -2.17. The van der Waals surface area contributed by atoms with Crippen LogP contribution < -0.4 is 4.90 Å². The maximum atomic E-state index is 12.7. The second kappa shape index (κ2) is 9.68. The van der Waals surface area contributed by atoms with E-state index in [1.165, 1.54) is 35.2 Å². The number of hydrogen-bond donors (Lipinski definition) is 1. The van der Waals surface area contributed by atoms with Crippen LogP contribution in [0.3, 0.4) is 0 Å². The lowest BCUT2D eigenvalue weighted by molar-refractivity contribution is -0.139. The molecule has 3 aromatic rings. The van der Waals surface area contributed by atoms with Crippen molar-refractivity contribution in [2.45, 2.75) is 42.5 Å². The predicted octanol–water partition coefficient (Wildman–Crippen LogP) is 5.56. The van der Waals surface area contributed by atoms with Crippen LogP contribution in [0.25, 0.3) is 11.1 Å². The molecule has 6 nitrogen and oxygen atoms in total. The van der Waals surface area contributed by atoms with E-state index in [0.717, 1.165) is 27.0 Å². The molecular weight excluding hydrogens is 473 g/mol. The van der Waals surface area contributed by atoms with Crippen molar-refractivity contribution in [1.82, 2.24) is 15.0 Å². The van der Waals surface area contributed by atoms with Crippen LogP contribution in [0.15, 0.2) is 41.0 Å². The summed E-state index contributed by atoms with van der Waals surface area (Å²) in [6.45, 7) is 5.85. The Kier molecular flexibility index (Phi) is 7.32. The smallest absolute Gasteiger partial charge is 0.416 e. The molecule has 2 heterocycles. The van der Waals surface area contributed by atoms with Crippen LogP contribution >= 0.6 is 23.1 Å². The molecule has 0 unspecified atom stereocenters. The van der Waals surface area contributed by atoms with Gasteiger partial charge < -0.3 is 10.0 Å². The summed E-state index contributed by atoms with van der Waals surface area (Å²) in [6.07, 6.45) is -0.573. The first-order valence-corrected chi connectivity index (χ1v) is 11.6. The van der Waals surface area contributed by atoms with E-state index >= 15 is 0 Å². The van der Waals surface area contributed by atoms with E-state index in [-0.39, 0.29) is 0 Å². The van der Waals surface area contributed by atoms with E-state index in [1.54, 1.807) is 26.2 Å². The topological polar surface area (TPSA) is 79.2 Å². The van der Waals surface area contributed by atoms with Crippen molar-refractivity contribution in [2.75, 3.05) is 18.5 Å². The van der Waals surface area contributed by atoms with Gasteiger partial charge in [-0.25, -0.2) is 15.0 Å². The molecule has 176 valence electrons. The zero-order chi connectivity index (χ0) is 24.4. The van der Waals surface area contributed by atoms with Crippen LogP contribution in [-0.4, -0.2) is 44.4 Å². The monoisotopic (exact) mass is 496 g/mol. The van der Waals surface area contributed by atoms with Gasteiger partial charge in [0.15, 0.2) is 4.34 Å². The number of aromatic nitrogens is 3. The van der Waals surface area contributed by atoms with E-state index in [4.69, 9.17) is 0 Å². The van der Waals surface area contributed by atoms with Crippen molar-refractivity contribution in [2.24, 2.45) is 0 Å². The zero-order valence-electron chi connectivity index (χ0n) is 18.5. The molecule has 0 aliphatic carbocycles. The Morgan fingerprint density at radius 1 is 1.12 bits per heavy atom. The predicted molar refractivity (Wildman–Crippen MR) is 124 cm³/mol. The number of aryl methyl sites for hydroxylation is 1. The van der Waals surface area contributed by atoms with Crippen molar-refractivity contribution >= 4 is 35.0 Å². The van der Waals surface area contributed by atoms with Crippen LogP contribution in [0.1, 0.15) is 30.0 Å². The average Bonchev–Trinajstić information content (AvgIpc) is 3.09. The van der Waals surface area contributed by atoms with Crippen molar-refractivity contribution in [3.63, 3.8) is 0 Å². The van der Waals surface area contributed by atoms with Crippen molar-refractivity contribution in [3.8, 4) is 11.1 Å². The summed E-state index contributed by atoms with van der Waals surface area (Å²) in [6, 6.07) is 4.87. The average molecular weight is 497 g/mol. The number of hydrogen-bond acceptors (Lipinski definition) is 7. The molecular formula is C22H23F3N4O2S2. The van der Waals surface area contributed by atoms with Crippen LogP contribution in [-0.2, 0) is 17.4 Å². The van der Waals surface area contributed by atoms with Gasteiger partial charge in [0.2, 0.25) is 5.95 Å². The zero-order valence-corrected chi connectivity index (χ0v) is 20.1.